The van der Waals surface area contributed by atoms with Gasteiger partial charge in [-0.3, -0.25) is 14.0 Å². The van der Waals surface area contributed by atoms with Crippen LogP contribution in [0.4, 0.5) is 5.69 Å². The zero-order valence-electron chi connectivity index (χ0n) is 11.2. The first kappa shape index (κ1) is 12.4. The summed E-state index contributed by atoms with van der Waals surface area (Å²) in [5.74, 6) is 0. The maximum absolute atomic E-state index is 12.3. The molecular weight excluding hydrogens is 254 g/mol. The molecule has 3 aromatic rings. The van der Waals surface area contributed by atoms with Crippen molar-refractivity contribution in [2.75, 3.05) is 5.73 Å². The molecule has 6 nitrogen and oxygen atoms in total. The number of anilines is 1. The van der Waals surface area contributed by atoms with Crippen molar-refractivity contribution >= 4 is 16.7 Å². The third kappa shape index (κ3) is 2.16. The Bertz CT molecular complexity index is 801. The Hall–Kier alpha value is -2.63. The van der Waals surface area contributed by atoms with Gasteiger partial charge in [-0.2, -0.15) is 5.10 Å². The molecule has 0 fully saturated rings. The highest BCUT2D eigenvalue weighted by Crippen LogP contribution is 2.07. The summed E-state index contributed by atoms with van der Waals surface area (Å²) in [6.07, 6.45) is 3.89. The fourth-order valence-corrected chi connectivity index (χ4v) is 2.16. The zero-order valence-corrected chi connectivity index (χ0v) is 11.2. The molecule has 2 heterocycles. The number of aryl methyl sites for hydroxylation is 3. The van der Waals surface area contributed by atoms with Crippen molar-refractivity contribution in [1.82, 2.24) is 19.3 Å². The number of benzene rings is 1. The number of nitrogen functional groups attached to an aromatic ring is 1. The van der Waals surface area contributed by atoms with Crippen LogP contribution in [0.25, 0.3) is 11.0 Å². The van der Waals surface area contributed by atoms with E-state index in [0.717, 1.165) is 17.7 Å². The van der Waals surface area contributed by atoms with E-state index in [1.165, 1.54) is 0 Å². The zero-order chi connectivity index (χ0) is 14.1. The van der Waals surface area contributed by atoms with Gasteiger partial charge < -0.3 is 5.73 Å². The van der Waals surface area contributed by atoms with E-state index in [2.05, 4.69) is 10.1 Å². The van der Waals surface area contributed by atoms with Crippen molar-refractivity contribution in [3.63, 3.8) is 0 Å². The van der Waals surface area contributed by atoms with Gasteiger partial charge in [0.25, 0.3) is 5.56 Å². The average molecular weight is 269 g/mol. The molecule has 0 aliphatic heterocycles. The Morgan fingerprint density at radius 1 is 1.25 bits per heavy atom. The molecule has 2 aromatic heterocycles. The fourth-order valence-electron chi connectivity index (χ4n) is 2.16. The number of hydrogen-bond acceptors (Lipinski definition) is 4. The third-order valence-corrected chi connectivity index (χ3v) is 3.34. The summed E-state index contributed by atoms with van der Waals surface area (Å²) in [5.41, 5.74) is 8.08. The molecule has 0 unspecified atom stereocenters. The van der Waals surface area contributed by atoms with E-state index >= 15 is 0 Å². The fraction of sp³-hybridized carbons (Fsp3) is 0.214. The monoisotopic (exact) mass is 269 g/mol. The minimum absolute atomic E-state index is 0.0569. The second-order valence-electron chi connectivity index (χ2n) is 4.74. The highest BCUT2D eigenvalue weighted by Gasteiger charge is 2.07. The van der Waals surface area contributed by atoms with Crippen LogP contribution in [0.5, 0.6) is 0 Å². The summed E-state index contributed by atoms with van der Waals surface area (Å²) >= 11 is 0. The molecule has 0 aliphatic rings. The predicted octanol–water partition coefficient (Wildman–Crippen LogP) is 0.955. The van der Waals surface area contributed by atoms with Gasteiger partial charge in [-0.1, -0.05) is 12.1 Å². The van der Waals surface area contributed by atoms with Crippen molar-refractivity contribution in [1.29, 1.82) is 0 Å². The summed E-state index contributed by atoms with van der Waals surface area (Å²) in [6.45, 7) is 0.584. The largest absolute Gasteiger partial charge is 0.399 e. The van der Waals surface area contributed by atoms with E-state index in [1.807, 2.05) is 24.3 Å². The molecule has 0 aliphatic carbocycles. The van der Waals surface area contributed by atoms with Gasteiger partial charge in [0.15, 0.2) is 5.65 Å². The lowest BCUT2D eigenvalue weighted by Crippen LogP contribution is -2.21. The van der Waals surface area contributed by atoms with E-state index in [4.69, 9.17) is 5.73 Å². The maximum atomic E-state index is 12.3. The van der Waals surface area contributed by atoms with Crippen LogP contribution < -0.4 is 11.3 Å². The van der Waals surface area contributed by atoms with Gasteiger partial charge in [0, 0.05) is 19.3 Å². The van der Waals surface area contributed by atoms with Crippen molar-refractivity contribution in [3.8, 4) is 0 Å². The van der Waals surface area contributed by atoms with Crippen molar-refractivity contribution in [2.24, 2.45) is 7.05 Å². The van der Waals surface area contributed by atoms with Crippen LogP contribution in [-0.4, -0.2) is 19.3 Å². The first-order valence-electron chi connectivity index (χ1n) is 6.37. The van der Waals surface area contributed by atoms with Gasteiger partial charge in [0.1, 0.15) is 5.39 Å². The van der Waals surface area contributed by atoms with Crippen LogP contribution in [-0.2, 0) is 20.0 Å². The Morgan fingerprint density at radius 3 is 2.75 bits per heavy atom. The smallest absolute Gasteiger partial charge is 0.264 e. The summed E-state index contributed by atoms with van der Waals surface area (Å²) in [6, 6.07) is 7.66. The standard InChI is InChI=1S/C14H15N5O/c1-18-13-12(8-17-18)14(20)19(9-16-13)7-6-10-2-4-11(15)5-3-10/h2-5,8-9H,6-7,15H2,1H3. The first-order valence-corrected chi connectivity index (χ1v) is 6.37. The Kier molecular flexibility index (Phi) is 2.98. The maximum Gasteiger partial charge on any atom is 0.264 e. The highest BCUT2D eigenvalue weighted by molar-refractivity contribution is 5.72. The predicted molar refractivity (Wildman–Crippen MR) is 77.3 cm³/mol. The lowest BCUT2D eigenvalue weighted by atomic mass is 10.1. The quantitative estimate of drug-likeness (QED) is 0.718. The van der Waals surface area contributed by atoms with Crippen LogP contribution >= 0.6 is 0 Å². The Labute approximate surface area is 115 Å². The van der Waals surface area contributed by atoms with Gasteiger partial charge >= 0.3 is 0 Å². The van der Waals surface area contributed by atoms with Gasteiger partial charge in [-0.15, -0.1) is 0 Å². The summed E-state index contributed by atoms with van der Waals surface area (Å²) in [7, 11) is 1.77. The molecule has 0 saturated carbocycles. The molecule has 1 aromatic carbocycles. The molecule has 20 heavy (non-hydrogen) atoms. The topological polar surface area (TPSA) is 78.7 Å². The third-order valence-electron chi connectivity index (χ3n) is 3.34. The second kappa shape index (κ2) is 4.80. The van der Waals surface area contributed by atoms with Crippen LogP contribution in [0, 0.1) is 0 Å². The minimum atomic E-state index is -0.0569. The number of fused-ring (bicyclic) bond motifs is 1. The summed E-state index contributed by atoms with van der Waals surface area (Å²) in [4.78, 5) is 16.5. The molecule has 0 radical (unpaired) electrons. The minimum Gasteiger partial charge on any atom is -0.399 e. The van der Waals surface area contributed by atoms with E-state index < -0.39 is 0 Å². The second-order valence-corrected chi connectivity index (χ2v) is 4.74. The SMILES string of the molecule is Cn1ncc2c(=O)n(CCc3ccc(N)cc3)cnc21. The first-order chi connectivity index (χ1) is 9.65. The van der Waals surface area contributed by atoms with Gasteiger partial charge in [-0.05, 0) is 24.1 Å². The average Bonchev–Trinajstić information content (AvgIpc) is 2.82. The highest BCUT2D eigenvalue weighted by atomic mass is 16.1. The molecular formula is C14H15N5O. The number of nitrogens with two attached hydrogens (primary N) is 1. The molecule has 0 atom stereocenters. The molecule has 2 N–H and O–H groups in total. The van der Waals surface area contributed by atoms with Gasteiger partial charge in [0.05, 0.1) is 12.5 Å². The molecule has 0 bridgehead atoms. The van der Waals surface area contributed by atoms with E-state index in [-0.39, 0.29) is 5.56 Å². The van der Waals surface area contributed by atoms with Gasteiger partial charge in [0.2, 0.25) is 0 Å². The van der Waals surface area contributed by atoms with Gasteiger partial charge in [-0.25, -0.2) is 4.98 Å². The Morgan fingerprint density at radius 2 is 2.00 bits per heavy atom. The normalized spacial score (nSPS) is 11.1. The van der Waals surface area contributed by atoms with Crippen LogP contribution in [0.2, 0.25) is 0 Å². The van der Waals surface area contributed by atoms with Crippen molar-refractivity contribution in [2.45, 2.75) is 13.0 Å². The number of nitrogens with zero attached hydrogens (tertiary/aromatic N) is 4. The van der Waals surface area contributed by atoms with Crippen LogP contribution in [0.3, 0.4) is 0 Å². The summed E-state index contributed by atoms with van der Waals surface area (Å²) < 4.78 is 3.21. The number of hydrogen-bond donors (Lipinski definition) is 1. The molecule has 102 valence electrons. The Balaban J connectivity index is 1.86. The van der Waals surface area contributed by atoms with Crippen molar-refractivity contribution < 1.29 is 0 Å². The molecule has 0 amide bonds. The molecule has 6 heteroatoms. The van der Waals surface area contributed by atoms with E-state index in [1.54, 1.807) is 28.8 Å². The lowest BCUT2D eigenvalue weighted by molar-refractivity contribution is 0.660. The van der Waals surface area contributed by atoms with Crippen LogP contribution in [0.1, 0.15) is 5.56 Å². The molecule has 0 saturated heterocycles. The number of aromatic nitrogens is 4. The molecule has 0 spiro atoms. The lowest BCUT2D eigenvalue weighted by Gasteiger charge is -2.06. The van der Waals surface area contributed by atoms with Crippen molar-refractivity contribution in [3.05, 3.63) is 52.7 Å². The van der Waals surface area contributed by atoms with Crippen LogP contribution in [0.15, 0.2) is 41.6 Å². The summed E-state index contributed by atoms with van der Waals surface area (Å²) in [5, 5.41) is 4.60. The van der Waals surface area contributed by atoms with E-state index in [0.29, 0.717) is 17.6 Å². The van der Waals surface area contributed by atoms with E-state index in [9.17, 15) is 4.79 Å². The number of rotatable bonds is 3. The molecule has 3 rings (SSSR count).